The fourth-order valence-electron chi connectivity index (χ4n) is 3.05. The van der Waals surface area contributed by atoms with E-state index in [1.54, 1.807) is 22.8 Å². The van der Waals surface area contributed by atoms with Gasteiger partial charge in [-0.05, 0) is 32.8 Å². The molecule has 1 unspecified atom stereocenters. The van der Waals surface area contributed by atoms with E-state index in [1.807, 2.05) is 19.9 Å². The lowest BCUT2D eigenvalue weighted by Crippen LogP contribution is -2.44. The van der Waals surface area contributed by atoms with E-state index in [0.717, 1.165) is 24.2 Å². The molecule has 0 bridgehead atoms. The molecule has 25 heavy (non-hydrogen) atoms. The molecular formula is C17H23N5O3. The zero-order chi connectivity index (χ0) is 18.0. The number of aromatic nitrogens is 4. The maximum atomic E-state index is 12.8. The van der Waals surface area contributed by atoms with Crippen LogP contribution in [0.5, 0.6) is 11.9 Å². The first-order valence-electron chi connectivity index (χ1n) is 8.32. The molecule has 0 aromatic carbocycles. The summed E-state index contributed by atoms with van der Waals surface area (Å²) in [6.45, 7) is 5.00. The molecule has 2 aromatic rings. The summed E-state index contributed by atoms with van der Waals surface area (Å²) in [5, 5.41) is 4.15. The van der Waals surface area contributed by atoms with E-state index < -0.39 is 0 Å². The van der Waals surface area contributed by atoms with Crippen molar-refractivity contribution in [3.63, 3.8) is 0 Å². The highest BCUT2D eigenvalue weighted by Gasteiger charge is 2.29. The molecule has 8 nitrogen and oxygen atoms in total. The van der Waals surface area contributed by atoms with Gasteiger partial charge in [-0.15, -0.1) is 5.10 Å². The highest BCUT2D eigenvalue weighted by Crippen LogP contribution is 2.22. The van der Waals surface area contributed by atoms with Gasteiger partial charge in [-0.25, -0.2) is 9.97 Å². The van der Waals surface area contributed by atoms with Crippen molar-refractivity contribution in [1.82, 2.24) is 24.6 Å². The van der Waals surface area contributed by atoms with Gasteiger partial charge in [0.25, 0.3) is 5.91 Å². The number of hydrogen-bond acceptors (Lipinski definition) is 6. The van der Waals surface area contributed by atoms with Crippen LogP contribution in [0.15, 0.2) is 12.3 Å². The normalized spacial score (nSPS) is 17.4. The summed E-state index contributed by atoms with van der Waals surface area (Å²) >= 11 is 0. The van der Waals surface area contributed by atoms with Crippen LogP contribution in [0.3, 0.4) is 0 Å². The third-order valence-electron chi connectivity index (χ3n) is 4.12. The van der Waals surface area contributed by atoms with Gasteiger partial charge in [-0.1, -0.05) is 0 Å². The third-order valence-corrected chi connectivity index (χ3v) is 4.12. The number of rotatable bonds is 4. The Labute approximate surface area is 146 Å². The first-order valence-corrected chi connectivity index (χ1v) is 8.32. The molecular weight excluding hydrogens is 322 g/mol. The lowest BCUT2D eigenvalue weighted by atomic mass is 10.1. The largest absolute Gasteiger partial charge is 0.479 e. The van der Waals surface area contributed by atoms with Crippen molar-refractivity contribution in [2.75, 3.05) is 20.2 Å². The minimum atomic E-state index is -0.124. The molecule has 0 radical (unpaired) electrons. The van der Waals surface area contributed by atoms with E-state index in [0.29, 0.717) is 30.5 Å². The number of hydrogen-bond donors (Lipinski definition) is 0. The van der Waals surface area contributed by atoms with Crippen LogP contribution in [0.25, 0.3) is 0 Å². The Balaban J connectivity index is 1.71. The third kappa shape index (κ3) is 3.89. The average molecular weight is 345 g/mol. The number of aryl methyl sites for hydroxylation is 3. The Morgan fingerprint density at radius 2 is 2.00 bits per heavy atom. The Hall–Kier alpha value is -2.64. The highest BCUT2D eigenvalue weighted by molar-refractivity contribution is 5.96. The Morgan fingerprint density at radius 3 is 2.68 bits per heavy atom. The molecule has 0 saturated carbocycles. The molecule has 1 saturated heterocycles. The first kappa shape index (κ1) is 17.2. The molecule has 1 atom stereocenters. The zero-order valence-corrected chi connectivity index (χ0v) is 15.0. The molecule has 3 rings (SSSR count). The molecule has 3 heterocycles. The van der Waals surface area contributed by atoms with E-state index in [9.17, 15) is 4.79 Å². The van der Waals surface area contributed by atoms with Crippen LogP contribution in [-0.2, 0) is 7.05 Å². The predicted molar refractivity (Wildman–Crippen MR) is 90.8 cm³/mol. The van der Waals surface area contributed by atoms with Crippen molar-refractivity contribution < 1.29 is 14.3 Å². The van der Waals surface area contributed by atoms with Gasteiger partial charge in [0.15, 0.2) is 0 Å². The molecule has 1 amide bonds. The lowest BCUT2D eigenvalue weighted by molar-refractivity contribution is 0.0512. The van der Waals surface area contributed by atoms with Crippen molar-refractivity contribution in [1.29, 1.82) is 0 Å². The van der Waals surface area contributed by atoms with Gasteiger partial charge in [0.05, 0.1) is 13.7 Å². The molecule has 134 valence electrons. The number of amides is 1. The summed E-state index contributed by atoms with van der Waals surface area (Å²) in [6.07, 6.45) is 3.29. The van der Waals surface area contributed by atoms with E-state index >= 15 is 0 Å². The van der Waals surface area contributed by atoms with E-state index in [1.165, 1.54) is 7.11 Å². The average Bonchev–Trinajstić information content (AvgIpc) is 2.94. The second-order valence-corrected chi connectivity index (χ2v) is 6.29. The highest BCUT2D eigenvalue weighted by atomic mass is 16.5. The second kappa shape index (κ2) is 7.08. The molecule has 1 aliphatic heterocycles. The minimum Gasteiger partial charge on any atom is -0.479 e. The monoisotopic (exact) mass is 345 g/mol. The lowest BCUT2D eigenvalue weighted by Gasteiger charge is -2.32. The number of carbonyl (C=O) groups is 1. The maximum absolute atomic E-state index is 12.8. The fraction of sp³-hybridized carbons (Fsp3) is 0.529. The van der Waals surface area contributed by atoms with Crippen LogP contribution in [0, 0.1) is 13.8 Å². The number of methoxy groups -OCH3 is 1. The van der Waals surface area contributed by atoms with Gasteiger partial charge in [0.2, 0.25) is 5.88 Å². The van der Waals surface area contributed by atoms with Crippen molar-refractivity contribution in [3.05, 3.63) is 29.2 Å². The molecule has 1 aliphatic rings. The van der Waals surface area contributed by atoms with Crippen LogP contribution in [0.2, 0.25) is 0 Å². The summed E-state index contributed by atoms with van der Waals surface area (Å²) in [5.41, 5.74) is 2.20. The van der Waals surface area contributed by atoms with Crippen LogP contribution >= 0.6 is 0 Å². The minimum absolute atomic E-state index is 0.0976. The van der Waals surface area contributed by atoms with Crippen molar-refractivity contribution >= 4 is 5.91 Å². The van der Waals surface area contributed by atoms with Gasteiger partial charge in [0.1, 0.15) is 11.7 Å². The van der Waals surface area contributed by atoms with Crippen LogP contribution in [0.4, 0.5) is 0 Å². The molecule has 0 N–H and O–H groups in total. The van der Waals surface area contributed by atoms with Crippen molar-refractivity contribution in [2.24, 2.45) is 7.05 Å². The van der Waals surface area contributed by atoms with Gasteiger partial charge in [-0.2, -0.15) is 0 Å². The topological polar surface area (TPSA) is 82.4 Å². The zero-order valence-electron chi connectivity index (χ0n) is 15.0. The maximum Gasteiger partial charge on any atom is 0.317 e. The standard InChI is InChI=1S/C17H23N5O3/c1-11-8-12(2)19-17(18-11)25-13-6-5-7-22(9-13)16(23)14-10-21(3)20-15(14)24-4/h8,10,13H,5-7,9H2,1-4H3. The number of nitrogens with zero attached hydrogens (tertiary/aromatic N) is 5. The second-order valence-electron chi connectivity index (χ2n) is 6.29. The van der Waals surface area contributed by atoms with Crippen molar-refractivity contribution in [2.45, 2.75) is 32.8 Å². The SMILES string of the molecule is COc1nn(C)cc1C(=O)N1CCCC(Oc2nc(C)cc(C)n2)C1. The first-order chi connectivity index (χ1) is 12.0. The van der Waals surface area contributed by atoms with Crippen LogP contribution in [0.1, 0.15) is 34.6 Å². The Kier molecular flexibility index (Phi) is 4.87. The molecule has 0 aliphatic carbocycles. The smallest absolute Gasteiger partial charge is 0.317 e. The van der Waals surface area contributed by atoms with Gasteiger partial charge in [0, 0.05) is 31.2 Å². The van der Waals surface area contributed by atoms with E-state index in [4.69, 9.17) is 9.47 Å². The molecule has 2 aromatic heterocycles. The van der Waals surface area contributed by atoms with Gasteiger partial charge < -0.3 is 14.4 Å². The van der Waals surface area contributed by atoms with E-state index in [-0.39, 0.29) is 12.0 Å². The van der Waals surface area contributed by atoms with Gasteiger partial charge in [-0.3, -0.25) is 9.48 Å². The summed E-state index contributed by atoms with van der Waals surface area (Å²) in [6, 6.07) is 2.27. The number of piperidine rings is 1. The number of ether oxygens (including phenoxy) is 2. The predicted octanol–water partition coefficient (Wildman–Crippen LogP) is 1.52. The molecule has 0 spiro atoms. The Morgan fingerprint density at radius 1 is 1.28 bits per heavy atom. The Bertz CT molecular complexity index is 753. The molecule has 1 fully saturated rings. The van der Waals surface area contributed by atoms with Gasteiger partial charge >= 0.3 is 6.01 Å². The molecule has 8 heteroatoms. The van der Waals surface area contributed by atoms with E-state index in [2.05, 4.69) is 15.1 Å². The van der Waals surface area contributed by atoms with Crippen molar-refractivity contribution in [3.8, 4) is 11.9 Å². The summed E-state index contributed by atoms with van der Waals surface area (Å²) < 4.78 is 12.7. The summed E-state index contributed by atoms with van der Waals surface area (Å²) in [7, 11) is 3.28. The van der Waals surface area contributed by atoms with Crippen LogP contribution in [-0.4, -0.2) is 56.9 Å². The summed E-state index contributed by atoms with van der Waals surface area (Å²) in [4.78, 5) is 23.2. The summed E-state index contributed by atoms with van der Waals surface area (Å²) in [5.74, 6) is 0.243. The fourth-order valence-corrected chi connectivity index (χ4v) is 3.05. The van der Waals surface area contributed by atoms with Crippen LogP contribution < -0.4 is 9.47 Å². The number of carbonyl (C=O) groups excluding carboxylic acids is 1. The quantitative estimate of drug-likeness (QED) is 0.835. The number of likely N-dealkylation sites (tertiary alicyclic amines) is 1.